The molecular weight excluding hydrogens is 745 g/mol. The number of carbonyl (C=O) groups is 2. The Kier molecular flexibility index (Phi) is 16.6. The fourth-order valence-corrected chi connectivity index (χ4v) is 5.93. The van der Waals surface area contributed by atoms with Crippen LogP contribution in [0.5, 0.6) is 0 Å². The molecule has 0 aliphatic rings. The molecule has 58 heavy (non-hydrogen) atoms. The maximum atomic E-state index is 11.8. The second-order valence-corrected chi connectivity index (χ2v) is 12.4. The summed E-state index contributed by atoms with van der Waals surface area (Å²) in [6.45, 7) is 0.0670. The number of nitro groups is 1. The maximum absolute atomic E-state index is 11.8. The number of para-hydroxylation sites is 2. The van der Waals surface area contributed by atoms with Gasteiger partial charge in [0.25, 0.3) is 5.69 Å². The molecule has 0 radical (unpaired) electrons. The first-order valence-electron chi connectivity index (χ1n) is 18.0. The number of aliphatic hydroxyl groups excluding tert-OH is 3. The van der Waals surface area contributed by atoms with Crippen molar-refractivity contribution in [2.45, 2.75) is 25.7 Å². The average Bonchev–Trinajstić information content (AvgIpc) is 3.28. The predicted octanol–water partition coefficient (Wildman–Crippen LogP) is 6.14. The smallest absolute Gasteiger partial charge is 0.337 e. The van der Waals surface area contributed by atoms with Gasteiger partial charge in [-0.1, -0.05) is 54.6 Å². The van der Waals surface area contributed by atoms with Gasteiger partial charge in [0, 0.05) is 48.8 Å². The molecule has 300 valence electrons. The molecule has 15 nitrogen and oxygen atoms in total. The molecule has 4 aromatic carbocycles. The number of hydrogen-bond acceptors (Lipinski definition) is 14. The molecule has 0 bridgehead atoms. The minimum Gasteiger partial charge on any atom is -0.465 e. The van der Waals surface area contributed by atoms with E-state index in [1.54, 1.807) is 66.7 Å². The number of methoxy groups -OCH3 is 2. The van der Waals surface area contributed by atoms with Gasteiger partial charge in [-0.3, -0.25) is 10.1 Å². The standard InChI is InChI=1S/C21H19N3O5.C21H21N3O3.CH4O/c1-29-21(26)16-7-4-6-14(12-16)20-15(8-5-11-25)13-18(22-23-20)17-9-2-3-10-19(17)24(27)28;1-27-21(26)16-7-4-6-14(12-16)20-15(8-5-11-25)13-19(23-24-20)17-9-2-3-10-18(17)22;1-2/h2-4,6-7,9-10,12-13,25H,5,8,11H2,1H3;2-4,6-7,9-10,12-13,25H,5,8,11,22H2,1H3;2H,1H3. The number of aryl methyl sites for hydroxylation is 2. The van der Waals surface area contributed by atoms with Crippen molar-refractivity contribution in [3.63, 3.8) is 0 Å². The molecule has 0 saturated carbocycles. The SMILES string of the molecule is CO.COC(=O)c1cccc(-c2nnc(-c3ccccc3N)cc2CCCO)c1.COC(=O)c1cccc(-c2nnc(-c3ccccc3[N+](=O)[O-])cc2CCCO)c1. The summed E-state index contributed by atoms with van der Waals surface area (Å²) < 4.78 is 9.55. The number of ether oxygens (including phenoxy) is 2. The highest BCUT2D eigenvalue weighted by atomic mass is 16.6. The average molecular weight is 789 g/mol. The molecule has 0 spiro atoms. The number of aromatic nitrogens is 4. The molecule has 0 amide bonds. The highest BCUT2D eigenvalue weighted by molar-refractivity contribution is 5.91. The second kappa shape index (κ2) is 22.0. The summed E-state index contributed by atoms with van der Waals surface area (Å²) in [6.07, 6.45) is 2.21. The molecule has 6 rings (SSSR count). The van der Waals surface area contributed by atoms with Crippen molar-refractivity contribution in [3.8, 4) is 45.0 Å². The number of nitrogens with two attached hydrogens (primary N) is 1. The lowest BCUT2D eigenvalue weighted by molar-refractivity contribution is -0.384. The van der Waals surface area contributed by atoms with Crippen LogP contribution in [0.1, 0.15) is 44.7 Å². The van der Waals surface area contributed by atoms with E-state index in [4.69, 9.17) is 20.3 Å². The van der Waals surface area contributed by atoms with Crippen molar-refractivity contribution in [2.75, 3.05) is 40.3 Å². The van der Waals surface area contributed by atoms with E-state index in [1.165, 1.54) is 20.3 Å². The quantitative estimate of drug-likeness (QED) is 0.0445. The van der Waals surface area contributed by atoms with Crippen molar-refractivity contribution in [1.29, 1.82) is 0 Å². The summed E-state index contributed by atoms with van der Waals surface area (Å²) in [5, 5.41) is 54.1. The van der Waals surface area contributed by atoms with E-state index in [1.807, 2.05) is 36.4 Å². The highest BCUT2D eigenvalue weighted by Gasteiger charge is 2.19. The van der Waals surface area contributed by atoms with Gasteiger partial charge >= 0.3 is 11.9 Å². The molecular formula is C43H44N6O9. The van der Waals surface area contributed by atoms with Crippen LogP contribution in [0.15, 0.2) is 109 Å². The van der Waals surface area contributed by atoms with Crippen LogP contribution in [-0.2, 0) is 22.3 Å². The van der Waals surface area contributed by atoms with Crippen molar-refractivity contribution in [1.82, 2.24) is 20.4 Å². The van der Waals surface area contributed by atoms with Gasteiger partial charge in [-0.05, 0) is 85.3 Å². The van der Waals surface area contributed by atoms with Crippen LogP contribution in [0.2, 0.25) is 0 Å². The Morgan fingerprint density at radius 3 is 1.53 bits per heavy atom. The van der Waals surface area contributed by atoms with Crippen LogP contribution in [-0.4, -0.2) is 87.1 Å². The van der Waals surface area contributed by atoms with Crippen molar-refractivity contribution in [3.05, 3.63) is 142 Å². The number of benzene rings is 4. The zero-order valence-electron chi connectivity index (χ0n) is 32.2. The third-order valence-electron chi connectivity index (χ3n) is 8.68. The van der Waals surface area contributed by atoms with Crippen LogP contribution in [0, 0.1) is 10.1 Å². The van der Waals surface area contributed by atoms with Crippen molar-refractivity contribution in [2.24, 2.45) is 0 Å². The molecule has 0 atom stereocenters. The fraction of sp³-hybridized carbons (Fsp3) is 0.209. The van der Waals surface area contributed by atoms with Gasteiger partial charge in [0.1, 0.15) is 5.69 Å². The van der Waals surface area contributed by atoms with E-state index in [0.717, 1.165) is 29.4 Å². The predicted molar refractivity (Wildman–Crippen MR) is 219 cm³/mol. The van der Waals surface area contributed by atoms with Crippen molar-refractivity contribution < 1.29 is 39.3 Å². The van der Waals surface area contributed by atoms with Crippen LogP contribution < -0.4 is 5.73 Å². The van der Waals surface area contributed by atoms with E-state index in [-0.39, 0.29) is 18.9 Å². The number of nitrogen functional groups attached to an aromatic ring is 1. The second-order valence-electron chi connectivity index (χ2n) is 12.4. The van der Waals surface area contributed by atoms with Gasteiger partial charge < -0.3 is 30.5 Å². The Labute approximate surface area is 334 Å². The summed E-state index contributed by atoms with van der Waals surface area (Å²) >= 11 is 0. The number of hydrogen-bond donors (Lipinski definition) is 4. The first-order chi connectivity index (χ1) is 28.2. The van der Waals surface area contributed by atoms with E-state index in [0.29, 0.717) is 76.4 Å². The Hall–Kier alpha value is -6.94. The lowest BCUT2D eigenvalue weighted by atomic mass is 9.99. The third-order valence-corrected chi connectivity index (χ3v) is 8.68. The van der Waals surface area contributed by atoms with E-state index >= 15 is 0 Å². The number of nitrogens with zero attached hydrogens (tertiary/aromatic N) is 5. The number of aliphatic hydroxyl groups is 3. The summed E-state index contributed by atoms with van der Waals surface area (Å²) in [4.78, 5) is 34.6. The van der Waals surface area contributed by atoms with Gasteiger partial charge in [0.05, 0.1) is 52.9 Å². The number of carbonyl (C=O) groups excluding carboxylic acids is 2. The van der Waals surface area contributed by atoms with Crippen LogP contribution in [0.25, 0.3) is 45.0 Å². The molecule has 0 aliphatic carbocycles. The highest BCUT2D eigenvalue weighted by Crippen LogP contribution is 2.32. The number of anilines is 1. The van der Waals surface area contributed by atoms with Gasteiger partial charge in [-0.2, -0.15) is 0 Å². The minimum atomic E-state index is -0.465. The molecule has 0 aliphatic heterocycles. The molecule has 2 heterocycles. The zero-order valence-corrected chi connectivity index (χ0v) is 32.2. The third kappa shape index (κ3) is 11.1. The Morgan fingerprint density at radius 1 is 0.638 bits per heavy atom. The van der Waals surface area contributed by atoms with Gasteiger partial charge in [0.15, 0.2) is 0 Å². The van der Waals surface area contributed by atoms with E-state index < -0.39 is 16.9 Å². The van der Waals surface area contributed by atoms with Crippen molar-refractivity contribution >= 4 is 23.3 Å². The summed E-state index contributed by atoms with van der Waals surface area (Å²) in [5.41, 5.74) is 14.0. The largest absolute Gasteiger partial charge is 0.465 e. The molecule has 2 aromatic heterocycles. The maximum Gasteiger partial charge on any atom is 0.337 e. The van der Waals surface area contributed by atoms with Gasteiger partial charge in [-0.15, -0.1) is 20.4 Å². The first kappa shape index (κ1) is 43.8. The summed E-state index contributed by atoms with van der Waals surface area (Å²) in [7, 11) is 3.66. The van der Waals surface area contributed by atoms with Crippen LogP contribution in [0.4, 0.5) is 11.4 Å². The zero-order chi connectivity index (χ0) is 42.0. The number of nitro benzene ring substituents is 1. The lowest BCUT2D eigenvalue weighted by Gasteiger charge is -2.12. The van der Waals surface area contributed by atoms with Crippen LogP contribution >= 0.6 is 0 Å². The Balaban J connectivity index is 0.000000247. The monoisotopic (exact) mass is 788 g/mol. The summed E-state index contributed by atoms with van der Waals surface area (Å²) in [5.74, 6) is -0.872. The lowest BCUT2D eigenvalue weighted by Crippen LogP contribution is -2.03. The topological polar surface area (TPSA) is 234 Å². The molecule has 6 aromatic rings. The minimum absolute atomic E-state index is 0.00915. The molecule has 0 saturated heterocycles. The first-order valence-corrected chi connectivity index (χ1v) is 18.0. The Morgan fingerprint density at radius 2 is 1.09 bits per heavy atom. The van der Waals surface area contributed by atoms with Gasteiger partial charge in [-0.25, -0.2) is 9.59 Å². The molecule has 0 fully saturated rings. The number of esters is 2. The Bertz CT molecular complexity index is 2340. The molecule has 15 heteroatoms. The summed E-state index contributed by atoms with van der Waals surface area (Å²) in [6, 6.07) is 31.4. The van der Waals surface area contributed by atoms with E-state index in [2.05, 4.69) is 20.4 Å². The van der Waals surface area contributed by atoms with Gasteiger partial charge in [0.2, 0.25) is 0 Å². The molecule has 5 N–H and O–H groups in total. The normalized spacial score (nSPS) is 10.3. The molecule has 0 unspecified atom stereocenters. The van der Waals surface area contributed by atoms with Crippen LogP contribution in [0.3, 0.4) is 0 Å². The fourth-order valence-electron chi connectivity index (χ4n) is 5.93. The number of rotatable bonds is 13. The van der Waals surface area contributed by atoms with E-state index in [9.17, 15) is 29.9 Å².